The number of alkyl halides is 1. The van der Waals surface area contributed by atoms with Gasteiger partial charge in [0.25, 0.3) is 0 Å². The summed E-state index contributed by atoms with van der Waals surface area (Å²) in [5, 5.41) is -0.265. The monoisotopic (exact) mass is 290 g/mol. The second kappa shape index (κ2) is 6.19. The van der Waals surface area contributed by atoms with Gasteiger partial charge >= 0.3 is 0 Å². The molecule has 3 heteroatoms. The number of halogens is 1. The summed E-state index contributed by atoms with van der Waals surface area (Å²) in [6, 6.07) is 12.0. The molecule has 2 nitrogen and oxygen atoms in total. The second-order valence-corrected chi connectivity index (χ2v) is 5.33. The van der Waals surface area contributed by atoms with Crippen LogP contribution in [-0.4, -0.2) is 14.2 Å². The van der Waals surface area contributed by atoms with Gasteiger partial charge in [-0.05, 0) is 37.6 Å². The van der Waals surface area contributed by atoms with E-state index in [2.05, 4.69) is 32.0 Å². The van der Waals surface area contributed by atoms with E-state index in [1.807, 2.05) is 18.2 Å². The van der Waals surface area contributed by atoms with Crippen LogP contribution in [0.1, 0.15) is 27.6 Å². The summed E-state index contributed by atoms with van der Waals surface area (Å²) >= 11 is 6.65. The zero-order chi connectivity index (χ0) is 14.7. The highest BCUT2D eigenvalue weighted by atomic mass is 35.5. The average Bonchev–Trinajstić information content (AvgIpc) is 2.44. The van der Waals surface area contributed by atoms with E-state index in [-0.39, 0.29) is 5.38 Å². The molecule has 0 radical (unpaired) electrons. The van der Waals surface area contributed by atoms with Crippen LogP contribution in [0.25, 0.3) is 0 Å². The third-order valence-corrected chi connectivity index (χ3v) is 3.73. The van der Waals surface area contributed by atoms with Crippen LogP contribution in [-0.2, 0) is 0 Å². The van der Waals surface area contributed by atoms with Crippen molar-refractivity contribution in [1.29, 1.82) is 0 Å². The molecule has 0 saturated carbocycles. The zero-order valence-electron chi connectivity index (χ0n) is 12.2. The van der Waals surface area contributed by atoms with Crippen molar-refractivity contribution in [2.24, 2.45) is 0 Å². The molecule has 20 heavy (non-hydrogen) atoms. The van der Waals surface area contributed by atoms with E-state index in [9.17, 15) is 0 Å². The Labute approximate surface area is 125 Å². The van der Waals surface area contributed by atoms with Gasteiger partial charge < -0.3 is 9.47 Å². The van der Waals surface area contributed by atoms with E-state index in [1.54, 1.807) is 14.2 Å². The lowest BCUT2D eigenvalue weighted by Gasteiger charge is -2.16. The molecule has 1 unspecified atom stereocenters. The van der Waals surface area contributed by atoms with Gasteiger partial charge in [-0.25, -0.2) is 0 Å². The molecule has 0 fully saturated rings. The molecule has 0 spiro atoms. The van der Waals surface area contributed by atoms with E-state index >= 15 is 0 Å². The van der Waals surface area contributed by atoms with Crippen molar-refractivity contribution >= 4 is 11.6 Å². The Morgan fingerprint density at radius 3 is 2.10 bits per heavy atom. The van der Waals surface area contributed by atoms with Gasteiger partial charge in [0.05, 0.1) is 19.6 Å². The zero-order valence-corrected chi connectivity index (χ0v) is 13.0. The smallest absolute Gasteiger partial charge is 0.124 e. The third-order valence-electron chi connectivity index (χ3n) is 3.25. The van der Waals surface area contributed by atoms with Crippen molar-refractivity contribution in [3.63, 3.8) is 0 Å². The second-order valence-electron chi connectivity index (χ2n) is 4.89. The fourth-order valence-corrected chi connectivity index (χ4v) is 2.67. The van der Waals surface area contributed by atoms with Crippen LogP contribution in [0.5, 0.6) is 11.5 Å². The molecule has 0 saturated heterocycles. The van der Waals surface area contributed by atoms with Gasteiger partial charge in [-0.2, -0.15) is 0 Å². The highest BCUT2D eigenvalue weighted by molar-refractivity contribution is 6.22. The van der Waals surface area contributed by atoms with Crippen molar-refractivity contribution in [2.45, 2.75) is 19.2 Å². The Bertz CT molecular complexity index is 588. The molecule has 0 bridgehead atoms. The maximum Gasteiger partial charge on any atom is 0.124 e. The van der Waals surface area contributed by atoms with E-state index in [0.29, 0.717) is 0 Å². The molecule has 0 aliphatic carbocycles. The lowest BCUT2D eigenvalue weighted by atomic mass is 9.99. The molecule has 0 aliphatic heterocycles. The van der Waals surface area contributed by atoms with Crippen molar-refractivity contribution < 1.29 is 9.47 Å². The first-order chi connectivity index (χ1) is 9.55. The number of hydrogen-bond acceptors (Lipinski definition) is 2. The molecule has 0 N–H and O–H groups in total. The Kier molecular flexibility index (Phi) is 4.56. The summed E-state index contributed by atoms with van der Waals surface area (Å²) < 4.78 is 10.7. The molecule has 2 aromatic carbocycles. The molecule has 0 heterocycles. The Hall–Kier alpha value is -1.67. The van der Waals surface area contributed by atoms with E-state index in [0.717, 1.165) is 22.6 Å². The van der Waals surface area contributed by atoms with Crippen LogP contribution in [0.3, 0.4) is 0 Å². The maximum absolute atomic E-state index is 6.65. The van der Waals surface area contributed by atoms with Crippen molar-refractivity contribution in [3.8, 4) is 11.5 Å². The normalized spacial score (nSPS) is 12.1. The minimum Gasteiger partial charge on any atom is -0.497 e. The molecule has 0 aromatic heterocycles. The number of benzene rings is 2. The molecule has 106 valence electrons. The molecule has 1 atom stereocenters. The topological polar surface area (TPSA) is 18.5 Å². The number of ether oxygens (including phenoxy) is 2. The fourth-order valence-electron chi connectivity index (χ4n) is 2.37. The van der Waals surface area contributed by atoms with Crippen LogP contribution < -0.4 is 9.47 Å². The Morgan fingerprint density at radius 2 is 1.55 bits per heavy atom. The van der Waals surface area contributed by atoms with Crippen LogP contribution >= 0.6 is 11.6 Å². The molecule has 0 amide bonds. The lowest BCUT2D eigenvalue weighted by molar-refractivity contribution is 0.399. The van der Waals surface area contributed by atoms with Crippen LogP contribution in [0.15, 0.2) is 36.4 Å². The molecular weight excluding hydrogens is 272 g/mol. The van der Waals surface area contributed by atoms with Crippen molar-refractivity contribution in [1.82, 2.24) is 0 Å². The standard InChI is InChI=1S/C17H19ClO2/c1-11-7-12(2)9-13(8-11)17(18)15-10-14(19-3)5-6-16(15)20-4/h5-10,17H,1-4H3. The number of hydrogen-bond donors (Lipinski definition) is 0. The van der Waals surface area contributed by atoms with Gasteiger partial charge in [0.2, 0.25) is 0 Å². The van der Waals surface area contributed by atoms with Gasteiger partial charge in [-0.1, -0.05) is 29.3 Å². The summed E-state index contributed by atoms with van der Waals surface area (Å²) in [7, 11) is 3.29. The summed E-state index contributed by atoms with van der Waals surface area (Å²) in [4.78, 5) is 0. The first-order valence-electron chi connectivity index (χ1n) is 6.49. The largest absolute Gasteiger partial charge is 0.497 e. The van der Waals surface area contributed by atoms with E-state index in [4.69, 9.17) is 21.1 Å². The van der Waals surface area contributed by atoms with Gasteiger partial charge in [0.15, 0.2) is 0 Å². The predicted octanol–water partition coefficient (Wildman–Crippen LogP) is 4.65. The molecule has 0 aliphatic rings. The average molecular weight is 291 g/mol. The highest BCUT2D eigenvalue weighted by Gasteiger charge is 2.17. The summed E-state index contributed by atoms with van der Waals surface area (Å²) in [5.74, 6) is 1.54. The third kappa shape index (κ3) is 3.07. The number of rotatable bonds is 4. The van der Waals surface area contributed by atoms with E-state index in [1.165, 1.54) is 11.1 Å². The number of aryl methyl sites for hydroxylation is 2. The number of methoxy groups -OCH3 is 2. The SMILES string of the molecule is COc1ccc(OC)c(C(Cl)c2cc(C)cc(C)c2)c1. The maximum atomic E-state index is 6.65. The van der Waals surface area contributed by atoms with Gasteiger partial charge in [-0.3, -0.25) is 0 Å². The van der Waals surface area contributed by atoms with Gasteiger partial charge in [0, 0.05) is 5.56 Å². The first kappa shape index (κ1) is 14.7. The highest BCUT2D eigenvalue weighted by Crippen LogP contribution is 2.37. The molecule has 2 aromatic rings. The van der Waals surface area contributed by atoms with Crippen LogP contribution in [0.2, 0.25) is 0 Å². The predicted molar refractivity (Wildman–Crippen MR) is 83.2 cm³/mol. The molecular formula is C17H19ClO2. The summed E-state index contributed by atoms with van der Waals surface area (Å²) in [6.07, 6.45) is 0. The molecule has 2 rings (SSSR count). The minimum absolute atomic E-state index is 0.265. The van der Waals surface area contributed by atoms with Crippen molar-refractivity contribution in [3.05, 3.63) is 58.7 Å². The van der Waals surface area contributed by atoms with Gasteiger partial charge in [0.1, 0.15) is 11.5 Å². The Balaban J connectivity index is 2.48. The summed E-state index contributed by atoms with van der Waals surface area (Å²) in [6.45, 7) is 4.14. The van der Waals surface area contributed by atoms with Crippen LogP contribution in [0, 0.1) is 13.8 Å². The van der Waals surface area contributed by atoms with Gasteiger partial charge in [-0.15, -0.1) is 11.6 Å². The van der Waals surface area contributed by atoms with Crippen molar-refractivity contribution in [2.75, 3.05) is 14.2 Å². The quantitative estimate of drug-likeness (QED) is 0.763. The first-order valence-corrected chi connectivity index (χ1v) is 6.93. The fraction of sp³-hybridized carbons (Fsp3) is 0.294. The Morgan fingerprint density at radius 1 is 0.900 bits per heavy atom. The minimum atomic E-state index is -0.265. The summed E-state index contributed by atoms with van der Waals surface area (Å²) in [5.41, 5.74) is 4.38. The lowest BCUT2D eigenvalue weighted by Crippen LogP contribution is -1.99. The van der Waals surface area contributed by atoms with E-state index < -0.39 is 0 Å². The van der Waals surface area contributed by atoms with Crippen LogP contribution in [0.4, 0.5) is 0 Å².